The molecule has 0 atom stereocenters. The van der Waals surface area contributed by atoms with Gasteiger partial charge in [0.05, 0.1) is 33.6 Å². The van der Waals surface area contributed by atoms with E-state index >= 15 is 0 Å². The van der Waals surface area contributed by atoms with Gasteiger partial charge >= 0.3 is 12.3 Å². The number of carbonyl (C=O) groups is 3. The number of hydrogen-bond donors (Lipinski definition) is 2. The van der Waals surface area contributed by atoms with Crippen molar-refractivity contribution in [2.45, 2.75) is 38.6 Å². The van der Waals surface area contributed by atoms with Crippen LogP contribution in [0.4, 0.5) is 23.7 Å². The highest BCUT2D eigenvalue weighted by Crippen LogP contribution is 2.37. The Hall–Kier alpha value is -5.20. The number of rotatable bonds is 10. The van der Waals surface area contributed by atoms with E-state index in [0.717, 1.165) is 16.9 Å². The first-order valence-corrected chi connectivity index (χ1v) is 20.7. The number of carbonyl (C=O) groups excluding carboxylic acids is 2. The second-order valence-electron chi connectivity index (χ2n) is 13.8. The van der Waals surface area contributed by atoms with Gasteiger partial charge in [-0.1, -0.05) is 43.4 Å². The summed E-state index contributed by atoms with van der Waals surface area (Å²) in [7, 11) is 0.0744. The summed E-state index contributed by atoms with van der Waals surface area (Å²) in [6.45, 7) is 8.09. The third kappa shape index (κ3) is 8.08. The predicted molar refractivity (Wildman–Crippen MR) is 193 cm³/mol. The zero-order valence-electron chi connectivity index (χ0n) is 29.3. The molecule has 0 aliphatic carbocycles. The first-order chi connectivity index (χ1) is 25.0. The van der Waals surface area contributed by atoms with Crippen LogP contribution in [0.15, 0.2) is 54.9 Å². The maximum atomic E-state index is 14.5. The van der Waals surface area contributed by atoms with Gasteiger partial charge in [-0.15, -0.1) is 5.10 Å². The van der Waals surface area contributed by atoms with Crippen LogP contribution < -0.4 is 5.32 Å². The number of alkyl halides is 3. The van der Waals surface area contributed by atoms with Crippen molar-refractivity contribution in [3.05, 3.63) is 77.0 Å². The lowest BCUT2D eigenvalue weighted by Crippen LogP contribution is -2.50. The van der Waals surface area contributed by atoms with Crippen LogP contribution in [0.5, 0.6) is 0 Å². The number of halogens is 4. The second kappa shape index (κ2) is 14.7. The van der Waals surface area contributed by atoms with Gasteiger partial charge in [0.25, 0.3) is 11.8 Å². The van der Waals surface area contributed by atoms with E-state index in [1.165, 1.54) is 45.8 Å². The van der Waals surface area contributed by atoms with Gasteiger partial charge in [0.2, 0.25) is 0 Å². The monoisotopic (exact) mass is 771 g/mol. The molecule has 2 aromatic carbocycles. The third-order valence-electron chi connectivity index (χ3n) is 8.81. The number of fused-ring (bicyclic) bond motifs is 1. The van der Waals surface area contributed by atoms with Crippen molar-refractivity contribution >= 4 is 54.2 Å². The average molecular weight is 772 g/mol. The summed E-state index contributed by atoms with van der Waals surface area (Å²) in [6.07, 6.45) is -3.54. The number of aromatic nitrogens is 6. The van der Waals surface area contributed by atoms with Crippen LogP contribution >= 0.6 is 11.6 Å². The number of benzene rings is 2. The van der Waals surface area contributed by atoms with Crippen LogP contribution in [0, 0.1) is 0 Å². The Morgan fingerprint density at radius 2 is 1.72 bits per heavy atom. The summed E-state index contributed by atoms with van der Waals surface area (Å²) in [5.74, 6) is -1.15. The maximum Gasteiger partial charge on any atom is 0.435 e. The molecule has 0 saturated carbocycles. The van der Waals surface area contributed by atoms with E-state index in [4.69, 9.17) is 21.4 Å². The molecule has 280 valence electrons. The number of imidazole rings is 1. The Morgan fingerprint density at radius 3 is 2.38 bits per heavy atom. The lowest BCUT2D eigenvalue weighted by Gasteiger charge is -2.33. The van der Waals surface area contributed by atoms with Gasteiger partial charge in [-0.25, -0.2) is 19.1 Å². The zero-order valence-corrected chi connectivity index (χ0v) is 31.1. The van der Waals surface area contributed by atoms with Gasteiger partial charge in [-0.05, 0) is 36.4 Å². The molecule has 3 amide bonds. The largest absolute Gasteiger partial charge is 0.465 e. The minimum absolute atomic E-state index is 0.0193. The van der Waals surface area contributed by atoms with E-state index in [9.17, 15) is 27.6 Å². The maximum absolute atomic E-state index is 14.5. The fourth-order valence-electron chi connectivity index (χ4n) is 5.88. The SMILES string of the molecule is Cn1c(-c2cn(-c3nn(COCC[Si](C)(C)C)c4ccccc34)nc2C(F)(F)F)cnc1C(=O)Nc1ccc(C(=O)N2CCN(C(=O)O)CC2)c(Cl)c1. The standard InChI is InChI=1S/C34H37ClF3N9O5Si/c1-43-27(18-39-30(43)31(48)40-21-9-10-22(25(35)17-21)32(49)44-11-13-45(14-12-44)33(50)51)24-19-46(41-28(24)34(36,37)38)29-23-7-5-6-8-26(23)47(42-29)20-52-15-16-53(2,3)4/h5-10,17-19H,11-16,20H2,1-4H3,(H,40,48)(H,50,51). The Kier molecular flexibility index (Phi) is 10.4. The molecule has 1 saturated heterocycles. The zero-order chi connectivity index (χ0) is 38.2. The number of hydrogen-bond acceptors (Lipinski definition) is 7. The van der Waals surface area contributed by atoms with Crippen molar-refractivity contribution in [2.24, 2.45) is 7.05 Å². The predicted octanol–water partition coefficient (Wildman–Crippen LogP) is 6.30. The molecule has 4 heterocycles. The minimum Gasteiger partial charge on any atom is -0.465 e. The van der Waals surface area contributed by atoms with Gasteiger partial charge in [-0.3, -0.25) is 9.59 Å². The Labute approximate surface area is 307 Å². The van der Waals surface area contributed by atoms with Gasteiger partial charge in [-0.2, -0.15) is 18.3 Å². The van der Waals surface area contributed by atoms with Crippen LogP contribution in [-0.4, -0.2) is 103 Å². The lowest BCUT2D eigenvalue weighted by molar-refractivity contribution is -0.140. The molecule has 0 bridgehead atoms. The average Bonchev–Trinajstić information content (AvgIpc) is 3.81. The number of nitrogens with one attached hydrogen (secondary N) is 1. The number of ether oxygens (including phenoxy) is 1. The Bertz CT molecular complexity index is 2190. The van der Waals surface area contributed by atoms with E-state index < -0.39 is 37.9 Å². The molecule has 0 spiro atoms. The Balaban J connectivity index is 1.23. The molecule has 0 unspecified atom stereocenters. The fourth-order valence-corrected chi connectivity index (χ4v) is 6.90. The molecule has 2 N–H and O–H groups in total. The molecule has 5 aromatic rings. The van der Waals surface area contributed by atoms with Crippen LogP contribution in [-0.2, 0) is 24.7 Å². The summed E-state index contributed by atoms with van der Waals surface area (Å²) < 4.78 is 53.2. The van der Waals surface area contributed by atoms with E-state index in [2.05, 4.69) is 40.1 Å². The van der Waals surface area contributed by atoms with Crippen LogP contribution in [0.25, 0.3) is 28.0 Å². The molecule has 6 rings (SSSR count). The minimum atomic E-state index is -4.86. The molecule has 19 heteroatoms. The van der Waals surface area contributed by atoms with Gasteiger partial charge in [0.1, 0.15) is 6.73 Å². The number of para-hydroxylation sites is 1. The second-order valence-corrected chi connectivity index (χ2v) is 19.8. The molecule has 0 radical (unpaired) electrons. The molecule has 53 heavy (non-hydrogen) atoms. The highest BCUT2D eigenvalue weighted by molar-refractivity contribution is 6.76. The van der Waals surface area contributed by atoms with Crippen molar-refractivity contribution < 1.29 is 37.4 Å². The quantitative estimate of drug-likeness (QED) is 0.124. The summed E-state index contributed by atoms with van der Waals surface area (Å²) >= 11 is 6.41. The first kappa shape index (κ1) is 37.6. The summed E-state index contributed by atoms with van der Waals surface area (Å²) in [5.41, 5.74) is -0.476. The smallest absolute Gasteiger partial charge is 0.435 e. The van der Waals surface area contributed by atoms with Crippen LogP contribution in [0.1, 0.15) is 26.7 Å². The van der Waals surface area contributed by atoms with Crippen molar-refractivity contribution in [1.82, 2.24) is 38.9 Å². The van der Waals surface area contributed by atoms with Gasteiger partial charge < -0.3 is 29.5 Å². The number of piperazine rings is 1. The molecule has 1 aliphatic rings. The molecule has 3 aromatic heterocycles. The lowest BCUT2D eigenvalue weighted by atomic mass is 10.1. The number of amides is 3. The molecule has 14 nitrogen and oxygen atoms in total. The van der Waals surface area contributed by atoms with E-state index in [0.29, 0.717) is 17.5 Å². The Morgan fingerprint density at radius 1 is 1.02 bits per heavy atom. The van der Waals surface area contributed by atoms with Crippen molar-refractivity contribution in [1.29, 1.82) is 0 Å². The summed E-state index contributed by atoms with van der Waals surface area (Å²) in [6, 6.07) is 12.3. The van der Waals surface area contributed by atoms with Gasteiger partial charge in [0.15, 0.2) is 17.3 Å². The molecule has 1 fully saturated rings. The number of nitrogens with zero attached hydrogens (tertiary/aromatic N) is 8. The normalized spacial score (nSPS) is 13.9. The van der Waals surface area contributed by atoms with Crippen molar-refractivity contribution in [2.75, 3.05) is 38.1 Å². The van der Waals surface area contributed by atoms with E-state index in [-0.39, 0.29) is 72.1 Å². The number of carboxylic acid groups (broad SMARTS) is 1. The highest BCUT2D eigenvalue weighted by atomic mass is 35.5. The molecule has 1 aliphatic heterocycles. The van der Waals surface area contributed by atoms with Gasteiger partial charge in [0, 0.05) is 65.2 Å². The van der Waals surface area contributed by atoms with Crippen molar-refractivity contribution in [3.63, 3.8) is 0 Å². The third-order valence-corrected chi connectivity index (χ3v) is 10.8. The molecular formula is C34H37ClF3N9O5Si. The summed E-state index contributed by atoms with van der Waals surface area (Å²) in [4.78, 5) is 44.4. The first-order valence-electron chi connectivity index (χ1n) is 16.6. The van der Waals surface area contributed by atoms with Crippen LogP contribution in [0.2, 0.25) is 30.7 Å². The topological polar surface area (TPSA) is 153 Å². The van der Waals surface area contributed by atoms with E-state index in [1.807, 2.05) is 0 Å². The van der Waals surface area contributed by atoms with E-state index in [1.54, 1.807) is 28.9 Å². The highest BCUT2D eigenvalue weighted by Gasteiger charge is 2.39. The summed E-state index contributed by atoms with van der Waals surface area (Å²) in [5, 5.41) is 20.9. The molecular weight excluding hydrogens is 735 g/mol. The number of anilines is 1. The fraction of sp³-hybridized carbons (Fsp3) is 0.353. The van der Waals surface area contributed by atoms with Crippen LogP contribution in [0.3, 0.4) is 0 Å². The van der Waals surface area contributed by atoms with Crippen molar-refractivity contribution in [3.8, 4) is 17.1 Å².